The van der Waals surface area contributed by atoms with Crippen LogP contribution in [0.25, 0.3) is 0 Å². The van der Waals surface area contributed by atoms with E-state index in [1.165, 1.54) is 19.3 Å². The Morgan fingerprint density at radius 3 is 2.59 bits per heavy atom. The fourth-order valence-electron chi connectivity index (χ4n) is 2.53. The molecule has 0 aliphatic carbocycles. The fourth-order valence-corrected chi connectivity index (χ4v) is 3.33. The van der Waals surface area contributed by atoms with Crippen LogP contribution in [0.2, 0.25) is 0 Å². The van der Waals surface area contributed by atoms with E-state index in [-0.39, 0.29) is 5.75 Å². The maximum absolute atomic E-state index is 10.8. The van der Waals surface area contributed by atoms with Crippen molar-refractivity contribution in [3.63, 3.8) is 0 Å². The van der Waals surface area contributed by atoms with Gasteiger partial charge in [0.25, 0.3) is 0 Å². The van der Waals surface area contributed by atoms with Crippen molar-refractivity contribution in [2.75, 3.05) is 25.4 Å². The van der Waals surface area contributed by atoms with Gasteiger partial charge in [0.1, 0.15) is 0 Å². The Bertz CT molecular complexity index is 316. The first kappa shape index (κ1) is 15.3. The Hall–Kier alpha value is 0.200. The molecule has 17 heavy (non-hydrogen) atoms. The molecule has 0 radical (unpaired) electrons. The van der Waals surface area contributed by atoms with Crippen LogP contribution in [-0.4, -0.2) is 38.7 Å². The van der Waals surface area contributed by atoms with E-state index in [4.69, 9.17) is 10.7 Å². The summed E-state index contributed by atoms with van der Waals surface area (Å²) in [7, 11) is 1.89. The van der Waals surface area contributed by atoms with Crippen LogP contribution in [0.4, 0.5) is 0 Å². The van der Waals surface area contributed by atoms with Crippen molar-refractivity contribution in [1.82, 2.24) is 4.90 Å². The van der Waals surface area contributed by atoms with Crippen LogP contribution in [0.1, 0.15) is 39.5 Å². The first-order chi connectivity index (χ1) is 7.88. The SMILES string of the molecule is CC(C)C1CCCN(CCCS(=O)(=O)Cl)CC1. The van der Waals surface area contributed by atoms with E-state index >= 15 is 0 Å². The van der Waals surface area contributed by atoms with E-state index in [2.05, 4.69) is 18.7 Å². The molecule has 1 aliphatic rings. The van der Waals surface area contributed by atoms with Gasteiger partial charge in [-0.2, -0.15) is 0 Å². The predicted octanol–water partition coefficient (Wildman–Crippen LogP) is 2.70. The lowest BCUT2D eigenvalue weighted by atomic mass is 9.89. The first-order valence-electron chi connectivity index (χ1n) is 6.53. The summed E-state index contributed by atoms with van der Waals surface area (Å²) < 4.78 is 21.7. The molecule has 0 bridgehead atoms. The molecule has 1 unspecified atom stereocenters. The summed E-state index contributed by atoms with van der Waals surface area (Å²) in [4.78, 5) is 2.38. The van der Waals surface area contributed by atoms with Crippen molar-refractivity contribution >= 4 is 19.7 Å². The van der Waals surface area contributed by atoms with Crippen LogP contribution in [-0.2, 0) is 9.05 Å². The van der Waals surface area contributed by atoms with Gasteiger partial charge < -0.3 is 4.90 Å². The molecule has 0 aromatic carbocycles. The van der Waals surface area contributed by atoms with Gasteiger partial charge in [-0.25, -0.2) is 8.42 Å². The molecular formula is C12H24ClNO2S. The molecule has 3 nitrogen and oxygen atoms in total. The second-order valence-electron chi connectivity index (χ2n) is 5.37. The fraction of sp³-hybridized carbons (Fsp3) is 1.00. The van der Waals surface area contributed by atoms with E-state index in [9.17, 15) is 8.42 Å². The van der Waals surface area contributed by atoms with E-state index in [1.54, 1.807) is 0 Å². The number of halogens is 1. The lowest BCUT2D eigenvalue weighted by Crippen LogP contribution is -2.27. The van der Waals surface area contributed by atoms with Gasteiger partial charge in [0.05, 0.1) is 5.75 Å². The average molecular weight is 282 g/mol. The summed E-state index contributed by atoms with van der Waals surface area (Å²) >= 11 is 0. The quantitative estimate of drug-likeness (QED) is 0.727. The number of rotatable bonds is 5. The molecule has 0 amide bonds. The van der Waals surface area contributed by atoms with E-state index < -0.39 is 9.05 Å². The summed E-state index contributed by atoms with van der Waals surface area (Å²) in [6.45, 7) is 7.65. The summed E-state index contributed by atoms with van der Waals surface area (Å²) in [6, 6.07) is 0. The summed E-state index contributed by atoms with van der Waals surface area (Å²) in [5.74, 6) is 1.69. The van der Waals surface area contributed by atoms with E-state index in [0.717, 1.165) is 31.5 Å². The Labute approximate surface area is 110 Å². The van der Waals surface area contributed by atoms with Crippen molar-refractivity contribution in [1.29, 1.82) is 0 Å². The largest absolute Gasteiger partial charge is 0.303 e. The molecule has 0 aromatic rings. The number of hydrogen-bond donors (Lipinski definition) is 0. The highest BCUT2D eigenvalue weighted by atomic mass is 35.7. The molecule has 5 heteroatoms. The van der Waals surface area contributed by atoms with Gasteiger partial charge in [0.2, 0.25) is 9.05 Å². The molecule has 0 spiro atoms. The van der Waals surface area contributed by atoms with Crippen LogP contribution in [0, 0.1) is 11.8 Å². The van der Waals surface area contributed by atoms with Gasteiger partial charge in [-0.05, 0) is 57.2 Å². The molecule has 1 fully saturated rings. The molecule has 1 heterocycles. The third-order valence-electron chi connectivity index (χ3n) is 3.67. The van der Waals surface area contributed by atoms with Crippen LogP contribution in [0.5, 0.6) is 0 Å². The van der Waals surface area contributed by atoms with Gasteiger partial charge >= 0.3 is 0 Å². The molecule has 1 aliphatic heterocycles. The van der Waals surface area contributed by atoms with Crippen LogP contribution in [0.15, 0.2) is 0 Å². The smallest absolute Gasteiger partial charge is 0.232 e. The molecule has 102 valence electrons. The van der Waals surface area contributed by atoms with Gasteiger partial charge in [-0.3, -0.25) is 0 Å². The van der Waals surface area contributed by atoms with Gasteiger partial charge in [0, 0.05) is 10.7 Å². The molecule has 0 saturated carbocycles. The second-order valence-corrected chi connectivity index (χ2v) is 8.27. The zero-order valence-electron chi connectivity index (χ0n) is 10.9. The third kappa shape index (κ3) is 6.63. The van der Waals surface area contributed by atoms with Crippen molar-refractivity contribution in [3.8, 4) is 0 Å². The standard InChI is InChI=1S/C12H24ClNO2S/c1-11(2)12-5-3-7-14(9-6-12)8-4-10-17(13,15)16/h11-12H,3-10H2,1-2H3. The lowest BCUT2D eigenvalue weighted by Gasteiger charge is -2.20. The molecular weight excluding hydrogens is 258 g/mol. The minimum absolute atomic E-state index is 0.0959. The normalized spacial score (nSPS) is 23.9. The zero-order valence-corrected chi connectivity index (χ0v) is 12.4. The van der Waals surface area contributed by atoms with Gasteiger partial charge in [-0.1, -0.05) is 13.8 Å². The summed E-state index contributed by atoms with van der Waals surface area (Å²) in [5.41, 5.74) is 0. The Morgan fingerprint density at radius 2 is 2.00 bits per heavy atom. The van der Waals surface area contributed by atoms with Gasteiger partial charge in [-0.15, -0.1) is 0 Å². The van der Waals surface area contributed by atoms with Crippen molar-refractivity contribution in [3.05, 3.63) is 0 Å². The predicted molar refractivity (Wildman–Crippen MR) is 72.9 cm³/mol. The highest BCUT2D eigenvalue weighted by Crippen LogP contribution is 2.24. The minimum Gasteiger partial charge on any atom is -0.303 e. The van der Waals surface area contributed by atoms with Crippen LogP contribution in [0.3, 0.4) is 0 Å². The number of likely N-dealkylation sites (tertiary alicyclic amines) is 1. The topological polar surface area (TPSA) is 37.4 Å². The Morgan fingerprint density at radius 1 is 1.29 bits per heavy atom. The van der Waals surface area contributed by atoms with Crippen LogP contribution < -0.4 is 0 Å². The molecule has 1 atom stereocenters. The average Bonchev–Trinajstić information content (AvgIpc) is 2.41. The maximum atomic E-state index is 10.8. The highest BCUT2D eigenvalue weighted by Gasteiger charge is 2.19. The van der Waals surface area contributed by atoms with Crippen molar-refractivity contribution < 1.29 is 8.42 Å². The van der Waals surface area contributed by atoms with Crippen molar-refractivity contribution in [2.24, 2.45) is 11.8 Å². The minimum atomic E-state index is -3.31. The number of nitrogens with zero attached hydrogens (tertiary/aromatic N) is 1. The summed E-state index contributed by atoms with van der Waals surface area (Å²) in [6.07, 6.45) is 4.43. The Kier molecular flexibility index (Phi) is 6.24. The van der Waals surface area contributed by atoms with Crippen molar-refractivity contribution in [2.45, 2.75) is 39.5 Å². The van der Waals surface area contributed by atoms with Gasteiger partial charge in [0.15, 0.2) is 0 Å². The van der Waals surface area contributed by atoms with E-state index in [0.29, 0.717) is 6.42 Å². The Balaban J connectivity index is 2.27. The molecule has 0 aromatic heterocycles. The second kappa shape index (κ2) is 6.95. The molecule has 1 rings (SSSR count). The first-order valence-corrected chi connectivity index (χ1v) is 9.01. The molecule has 1 saturated heterocycles. The third-order valence-corrected chi connectivity index (χ3v) is 4.91. The van der Waals surface area contributed by atoms with E-state index in [1.807, 2.05) is 0 Å². The maximum Gasteiger partial charge on any atom is 0.232 e. The monoisotopic (exact) mass is 281 g/mol. The zero-order chi connectivity index (χ0) is 12.9. The number of hydrogen-bond acceptors (Lipinski definition) is 3. The highest BCUT2D eigenvalue weighted by molar-refractivity contribution is 8.13. The molecule has 0 N–H and O–H groups in total. The summed E-state index contributed by atoms with van der Waals surface area (Å²) in [5, 5.41) is 0. The lowest BCUT2D eigenvalue weighted by molar-refractivity contribution is 0.273. The van der Waals surface area contributed by atoms with Crippen LogP contribution >= 0.6 is 10.7 Å².